The highest BCUT2D eigenvalue weighted by Crippen LogP contribution is 2.35. The quantitative estimate of drug-likeness (QED) is 0.841. The van der Waals surface area contributed by atoms with E-state index in [2.05, 4.69) is 10.6 Å². The zero-order valence-corrected chi connectivity index (χ0v) is 15.3. The Morgan fingerprint density at radius 3 is 2.62 bits per heavy atom. The first-order valence-electron chi connectivity index (χ1n) is 8.27. The van der Waals surface area contributed by atoms with Crippen LogP contribution in [0.15, 0.2) is 48.5 Å². The van der Waals surface area contributed by atoms with Gasteiger partial charge in [0, 0.05) is 24.8 Å². The Morgan fingerprint density at radius 1 is 1.19 bits per heavy atom. The predicted molar refractivity (Wildman–Crippen MR) is 101 cm³/mol. The third-order valence-corrected chi connectivity index (χ3v) is 5.96. The van der Waals surface area contributed by atoms with Crippen molar-refractivity contribution >= 4 is 27.4 Å². The van der Waals surface area contributed by atoms with E-state index in [-0.39, 0.29) is 11.8 Å². The summed E-state index contributed by atoms with van der Waals surface area (Å²) < 4.78 is 30.9. The van der Waals surface area contributed by atoms with E-state index in [9.17, 15) is 13.2 Å². The number of anilines is 2. The number of benzene rings is 2. The molecule has 1 heterocycles. The summed E-state index contributed by atoms with van der Waals surface area (Å²) in [6.45, 7) is 0.844. The van der Waals surface area contributed by atoms with Crippen LogP contribution in [-0.4, -0.2) is 33.9 Å². The lowest BCUT2D eigenvalue weighted by Crippen LogP contribution is -2.28. The molecule has 0 aromatic heterocycles. The molecule has 2 aromatic rings. The van der Waals surface area contributed by atoms with Crippen molar-refractivity contribution in [2.75, 3.05) is 29.0 Å². The van der Waals surface area contributed by atoms with Gasteiger partial charge in [-0.1, -0.05) is 30.3 Å². The summed E-state index contributed by atoms with van der Waals surface area (Å²) >= 11 is 0. The van der Waals surface area contributed by atoms with Crippen molar-refractivity contribution in [2.45, 2.75) is 13.0 Å². The molecule has 2 amide bonds. The highest BCUT2D eigenvalue weighted by Gasteiger charge is 2.30. The van der Waals surface area contributed by atoms with Crippen molar-refractivity contribution in [1.82, 2.24) is 5.32 Å². The third-order valence-electron chi connectivity index (χ3n) is 4.10. The minimum atomic E-state index is -3.29. The number of amides is 2. The van der Waals surface area contributed by atoms with Crippen LogP contribution in [0.2, 0.25) is 0 Å². The number of rotatable bonds is 5. The van der Waals surface area contributed by atoms with Crippen molar-refractivity contribution in [3.8, 4) is 5.75 Å². The van der Waals surface area contributed by atoms with E-state index in [1.165, 1.54) is 11.4 Å². The Hall–Kier alpha value is -2.74. The lowest BCUT2D eigenvalue weighted by Gasteiger charge is -2.20. The fourth-order valence-corrected chi connectivity index (χ4v) is 4.40. The van der Waals surface area contributed by atoms with Crippen LogP contribution in [0.5, 0.6) is 5.75 Å². The van der Waals surface area contributed by atoms with Gasteiger partial charge in [0.2, 0.25) is 10.0 Å². The van der Waals surface area contributed by atoms with Gasteiger partial charge in [-0.15, -0.1) is 0 Å². The molecule has 138 valence electrons. The Kier molecular flexibility index (Phi) is 5.32. The molecule has 1 aliphatic heterocycles. The maximum Gasteiger partial charge on any atom is 0.319 e. The first-order valence-corrected chi connectivity index (χ1v) is 9.88. The maximum absolute atomic E-state index is 12.1. The van der Waals surface area contributed by atoms with E-state index in [4.69, 9.17) is 4.74 Å². The zero-order chi connectivity index (χ0) is 18.6. The normalized spacial score (nSPS) is 15.5. The topological polar surface area (TPSA) is 87.7 Å². The molecule has 1 saturated heterocycles. The summed E-state index contributed by atoms with van der Waals surface area (Å²) in [5.74, 6) is 0.536. The molecule has 0 atom stereocenters. The second-order valence-electron chi connectivity index (χ2n) is 5.92. The first kappa shape index (κ1) is 18.1. The Morgan fingerprint density at radius 2 is 1.96 bits per heavy atom. The summed E-state index contributed by atoms with van der Waals surface area (Å²) in [6.07, 6.45) is 0.591. The summed E-state index contributed by atoms with van der Waals surface area (Å²) in [5, 5.41) is 5.50. The largest absolute Gasteiger partial charge is 0.494 e. The molecule has 1 fully saturated rings. The Labute approximate surface area is 153 Å². The second-order valence-corrected chi connectivity index (χ2v) is 7.93. The van der Waals surface area contributed by atoms with E-state index >= 15 is 0 Å². The standard InChI is InChI=1S/C18H21N3O4S/c1-25-17-12-15(8-9-16(17)21-10-5-11-26(21,23)24)20-18(22)19-13-14-6-3-2-4-7-14/h2-4,6-9,12H,5,10-11,13H2,1H3,(H2,19,20,22). The molecule has 0 unspecified atom stereocenters. The number of carbonyl (C=O) groups excluding carboxylic acids is 1. The summed E-state index contributed by atoms with van der Waals surface area (Å²) in [4.78, 5) is 12.1. The van der Waals surface area contributed by atoms with Gasteiger partial charge in [-0.25, -0.2) is 13.2 Å². The third kappa shape index (κ3) is 4.08. The number of hydrogen-bond acceptors (Lipinski definition) is 4. The van der Waals surface area contributed by atoms with Crippen LogP contribution >= 0.6 is 0 Å². The lowest BCUT2D eigenvalue weighted by atomic mass is 10.2. The highest BCUT2D eigenvalue weighted by atomic mass is 32.2. The molecule has 8 heteroatoms. The molecular formula is C18H21N3O4S. The molecular weight excluding hydrogens is 354 g/mol. The number of nitrogens with zero attached hydrogens (tertiary/aromatic N) is 1. The summed E-state index contributed by atoms with van der Waals surface area (Å²) in [7, 11) is -1.82. The van der Waals surface area contributed by atoms with Gasteiger partial charge in [0.1, 0.15) is 5.75 Å². The van der Waals surface area contributed by atoms with E-state index in [1.807, 2.05) is 30.3 Å². The number of carbonyl (C=O) groups is 1. The monoisotopic (exact) mass is 375 g/mol. The molecule has 2 aromatic carbocycles. The molecule has 0 bridgehead atoms. The van der Waals surface area contributed by atoms with Gasteiger partial charge in [-0.3, -0.25) is 4.31 Å². The second kappa shape index (κ2) is 7.65. The van der Waals surface area contributed by atoms with Gasteiger partial charge < -0.3 is 15.4 Å². The molecule has 1 aliphatic rings. The molecule has 3 rings (SSSR count). The number of sulfonamides is 1. The van der Waals surface area contributed by atoms with Gasteiger partial charge in [0.15, 0.2) is 0 Å². The smallest absolute Gasteiger partial charge is 0.319 e. The SMILES string of the molecule is COc1cc(NC(=O)NCc2ccccc2)ccc1N1CCCS1(=O)=O. The van der Waals surface area contributed by atoms with Crippen molar-refractivity contribution < 1.29 is 17.9 Å². The van der Waals surface area contributed by atoms with Gasteiger partial charge in [0.05, 0.1) is 18.6 Å². The summed E-state index contributed by atoms with van der Waals surface area (Å²) in [5.41, 5.74) is 2.00. The van der Waals surface area contributed by atoms with Crippen LogP contribution < -0.4 is 19.7 Å². The first-order chi connectivity index (χ1) is 12.5. The van der Waals surface area contributed by atoms with E-state index < -0.39 is 10.0 Å². The molecule has 0 spiro atoms. The molecule has 0 saturated carbocycles. The van der Waals surface area contributed by atoms with Crippen LogP contribution in [0.3, 0.4) is 0 Å². The summed E-state index contributed by atoms with van der Waals surface area (Å²) in [6, 6.07) is 14.2. The minimum Gasteiger partial charge on any atom is -0.494 e. The van der Waals surface area contributed by atoms with Crippen molar-refractivity contribution in [1.29, 1.82) is 0 Å². The number of urea groups is 1. The van der Waals surface area contributed by atoms with Crippen molar-refractivity contribution in [2.24, 2.45) is 0 Å². The Bertz CT molecular complexity index is 885. The molecule has 26 heavy (non-hydrogen) atoms. The van der Waals surface area contributed by atoms with Crippen LogP contribution in [0.4, 0.5) is 16.2 Å². The zero-order valence-electron chi connectivity index (χ0n) is 14.4. The fraction of sp³-hybridized carbons (Fsp3) is 0.278. The number of ether oxygens (including phenoxy) is 1. The fourth-order valence-electron chi connectivity index (χ4n) is 2.83. The van der Waals surface area contributed by atoms with Crippen LogP contribution in [0.25, 0.3) is 0 Å². The number of methoxy groups -OCH3 is 1. The van der Waals surface area contributed by atoms with Gasteiger partial charge in [-0.2, -0.15) is 0 Å². The molecule has 7 nitrogen and oxygen atoms in total. The van der Waals surface area contributed by atoms with Gasteiger partial charge in [0.25, 0.3) is 0 Å². The van der Waals surface area contributed by atoms with Crippen LogP contribution in [-0.2, 0) is 16.6 Å². The molecule has 2 N–H and O–H groups in total. The van der Waals surface area contributed by atoms with Crippen molar-refractivity contribution in [3.63, 3.8) is 0 Å². The highest BCUT2D eigenvalue weighted by molar-refractivity contribution is 7.93. The van der Waals surface area contributed by atoms with Crippen molar-refractivity contribution in [3.05, 3.63) is 54.1 Å². The van der Waals surface area contributed by atoms with E-state index in [1.54, 1.807) is 18.2 Å². The average Bonchev–Trinajstić information content (AvgIpc) is 2.99. The van der Waals surface area contributed by atoms with Gasteiger partial charge in [-0.05, 0) is 24.1 Å². The number of nitrogens with one attached hydrogen (secondary N) is 2. The molecule has 0 aliphatic carbocycles. The van der Waals surface area contributed by atoms with Gasteiger partial charge >= 0.3 is 6.03 Å². The lowest BCUT2D eigenvalue weighted by molar-refractivity contribution is 0.251. The average molecular weight is 375 g/mol. The molecule has 0 radical (unpaired) electrons. The maximum atomic E-state index is 12.1. The van der Waals surface area contributed by atoms with E-state index in [0.29, 0.717) is 36.6 Å². The predicted octanol–water partition coefficient (Wildman–Crippen LogP) is 2.56. The Balaban J connectivity index is 1.68. The number of hydrogen-bond donors (Lipinski definition) is 2. The van der Waals surface area contributed by atoms with E-state index in [0.717, 1.165) is 5.56 Å². The minimum absolute atomic E-state index is 0.137. The van der Waals surface area contributed by atoms with Crippen LogP contribution in [0.1, 0.15) is 12.0 Å². The van der Waals surface area contributed by atoms with Crippen LogP contribution in [0, 0.1) is 0 Å².